The van der Waals surface area contributed by atoms with Gasteiger partial charge in [-0.25, -0.2) is 0 Å². The maximum absolute atomic E-state index is 6.36. The summed E-state index contributed by atoms with van der Waals surface area (Å²) in [6, 6.07) is 59.1. The van der Waals surface area contributed by atoms with Crippen LogP contribution in [0.4, 0.5) is 17.1 Å². The van der Waals surface area contributed by atoms with Gasteiger partial charge in [0.25, 0.3) is 0 Å². The number of rotatable bonds is 4. The number of para-hydroxylation sites is 1. The molecular formula is C44H27NOS. The Hall–Kier alpha value is -5.90. The van der Waals surface area contributed by atoms with Crippen LogP contribution in [-0.4, -0.2) is 0 Å². The van der Waals surface area contributed by atoms with Gasteiger partial charge in [-0.2, -0.15) is 0 Å². The van der Waals surface area contributed by atoms with E-state index in [4.69, 9.17) is 4.42 Å². The van der Waals surface area contributed by atoms with E-state index in [2.05, 4.69) is 157 Å². The molecule has 8 aromatic carbocycles. The topological polar surface area (TPSA) is 16.4 Å². The molecule has 2 heterocycles. The molecule has 0 aliphatic carbocycles. The molecule has 0 N–H and O–H groups in total. The van der Waals surface area contributed by atoms with E-state index >= 15 is 0 Å². The molecular weight excluding hydrogens is 591 g/mol. The van der Waals surface area contributed by atoms with Crippen molar-refractivity contribution in [3.63, 3.8) is 0 Å². The summed E-state index contributed by atoms with van der Waals surface area (Å²) in [4.78, 5) is 2.34. The monoisotopic (exact) mass is 617 g/mol. The lowest BCUT2D eigenvalue weighted by Gasteiger charge is -2.26. The average Bonchev–Trinajstić information content (AvgIpc) is 3.69. The van der Waals surface area contributed by atoms with Gasteiger partial charge in [0.1, 0.15) is 11.2 Å². The van der Waals surface area contributed by atoms with Crippen LogP contribution in [0.5, 0.6) is 0 Å². The van der Waals surface area contributed by atoms with Crippen LogP contribution in [0.1, 0.15) is 0 Å². The Balaban J connectivity index is 1.18. The summed E-state index contributed by atoms with van der Waals surface area (Å²) >= 11 is 1.87. The van der Waals surface area contributed by atoms with Crippen LogP contribution in [0.2, 0.25) is 0 Å². The van der Waals surface area contributed by atoms with Crippen molar-refractivity contribution in [2.45, 2.75) is 0 Å². The first-order chi connectivity index (χ1) is 23.3. The molecule has 10 aromatic rings. The number of furan rings is 1. The van der Waals surface area contributed by atoms with Crippen LogP contribution in [0, 0.1) is 0 Å². The van der Waals surface area contributed by atoms with Crippen LogP contribution < -0.4 is 4.90 Å². The highest BCUT2D eigenvalue weighted by Crippen LogP contribution is 2.42. The fraction of sp³-hybridized carbons (Fsp3) is 0. The summed E-state index contributed by atoms with van der Waals surface area (Å²) in [6.45, 7) is 0. The van der Waals surface area contributed by atoms with E-state index in [0.717, 1.165) is 39.0 Å². The molecule has 0 unspecified atom stereocenters. The second-order valence-corrected chi connectivity index (χ2v) is 13.2. The molecule has 0 aliphatic heterocycles. The third-order valence-electron chi connectivity index (χ3n) is 9.43. The Morgan fingerprint density at radius 1 is 0.362 bits per heavy atom. The van der Waals surface area contributed by atoms with Crippen molar-refractivity contribution in [2.75, 3.05) is 4.90 Å². The van der Waals surface area contributed by atoms with Crippen molar-refractivity contribution >= 4 is 92.1 Å². The second-order valence-electron chi connectivity index (χ2n) is 12.2. The van der Waals surface area contributed by atoms with Crippen molar-refractivity contribution < 1.29 is 4.42 Å². The minimum atomic E-state index is 0.882. The third kappa shape index (κ3) is 4.25. The molecule has 47 heavy (non-hydrogen) atoms. The van der Waals surface area contributed by atoms with Gasteiger partial charge in [-0.15, -0.1) is 11.3 Å². The van der Waals surface area contributed by atoms with E-state index in [-0.39, 0.29) is 0 Å². The first-order valence-electron chi connectivity index (χ1n) is 15.9. The predicted octanol–water partition coefficient (Wildman–Crippen LogP) is 13.4. The lowest BCUT2D eigenvalue weighted by atomic mass is 9.99. The van der Waals surface area contributed by atoms with Gasteiger partial charge in [0.05, 0.1) is 0 Å². The lowest BCUT2D eigenvalue weighted by Crippen LogP contribution is -2.09. The van der Waals surface area contributed by atoms with Gasteiger partial charge >= 0.3 is 0 Å². The largest absolute Gasteiger partial charge is 0.456 e. The SMILES string of the molecule is c1ccc(-c2ccc(N(c3ccc4c(c3)oc3ccccc34)c3ccc4ccc5cc6c(cc5c4c3)sc3ccccc36)cc2)cc1. The number of hydrogen-bond acceptors (Lipinski definition) is 3. The van der Waals surface area contributed by atoms with Gasteiger partial charge in [-0.1, -0.05) is 97.1 Å². The smallest absolute Gasteiger partial charge is 0.137 e. The minimum absolute atomic E-state index is 0.882. The summed E-state index contributed by atoms with van der Waals surface area (Å²) in [5.41, 5.74) is 7.43. The van der Waals surface area contributed by atoms with Crippen LogP contribution in [0.25, 0.3) is 74.8 Å². The van der Waals surface area contributed by atoms with Crippen molar-refractivity contribution in [1.29, 1.82) is 0 Å². The molecule has 0 saturated heterocycles. The summed E-state index contributed by atoms with van der Waals surface area (Å²) < 4.78 is 9.01. The zero-order chi connectivity index (χ0) is 30.9. The van der Waals surface area contributed by atoms with Gasteiger partial charge in [0.15, 0.2) is 0 Å². The highest BCUT2D eigenvalue weighted by molar-refractivity contribution is 7.25. The molecule has 0 atom stereocenters. The van der Waals surface area contributed by atoms with Crippen LogP contribution in [0.3, 0.4) is 0 Å². The Kier molecular flexibility index (Phi) is 5.78. The lowest BCUT2D eigenvalue weighted by molar-refractivity contribution is 0.669. The summed E-state index contributed by atoms with van der Waals surface area (Å²) in [7, 11) is 0. The molecule has 0 bridgehead atoms. The van der Waals surface area contributed by atoms with Crippen molar-refractivity contribution in [3.05, 3.63) is 164 Å². The van der Waals surface area contributed by atoms with Crippen molar-refractivity contribution in [3.8, 4) is 11.1 Å². The first-order valence-corrected chi connectivity index (χ1v) is 16.7. The quantitative estimate of drug-likeness (QED) is 0.183. The van der Waals surface area contributed by atoms with Gasteiger partial charge in [0, 0.05) is 54.1 Å². The minimum Gasteiger partial charge on any atom is -0.456 e. The first kappa shape index (κ1) is 26.3. The normalized spacial score (nSPS) is 11.8. The second kappa shape index (κ2) is 10.3. The van der Waals surface area contributed by atoms with E-state index in [1.807, 2.05) is 23.5 Å². The standard InChI is InChI=1S/C44H27NOS/c1-2-8-28(9-3-1)29-16-19-32(20-17-29)45(34-22-23-36-35-10-4-6-12-41(35)46-42(36)26-34)33-21-18-30-14-15-31-24-40-37-11-5-7-13-43(37)47-44(40)27-39(31)38(30)25-33/h1-27H. The fourth-order valence-electron chi connectivity index (χ4n) is 7.14. The molecule has 0 amide bonds. The predicted molar refractivity (Wildman–Crippen MR) is 202 cm³/mol. The Morgan fingerprint density at radius 2 is 1.00 bits per heavy atom. The van der Waals surface area contributed by atoms with Crippen molar-refractivity contribution in [1.82, 2.24) is 0 Å². The number of benzene rings is 8. The van der Waals surface area contributed by atoms with Gasteiger partial charge in [-0.3, -0.25) is 0 Å². The molecule has 0 aliphatic rings. The van der Waals surface area contributed by atoms with E-state index in [1.165, 1.54) is 52.8 Å². The molecule has 0 radical (unpaired) electrons. The molecule has 2 nitrogen and oxygen atoms in total. The number of fused-ring (bicyclic) bond motifs is 9. The highest BCUT2D eigenvalue weighted by atomic mass is 32.1. The maximum Gasteiger partial charge on any atom is 0.137 e. The summed E-state index contributed by atoms with van der Waals surface area (Å²) in [5.74, 6) is 0. The molecule has 10 rings (SSSR count). The third-order valence-corrected chi connectivity index (χ3v) is 10.6. The van der Waals surface area contributed by atoms with E-state index in [1.54, 1.807) is 0 Å². The highest BCUT2D eigenvalue weighted by Gasteiger charge is 2.17. The molecule has 3 heteroatoms. The Morgan fingerprint density at radius 3 is 1.89 bits per heavy atom. The molecule has 0 fully saturated rings. The molecule has 2 aromatic heterocycles. The molecule has 0 spiro atoms. The number of hydrogen-bond donors (Lipinski definition) is 0. The Labute approximate surface area is 275 Å². The van der Waals surface area contributed by atoms with E-state index < -0.39 is 0 Å². The molecule has 220 valence electrons. The zero-order valence-electron chi connectivity index (χ0n) is 25.4. The maximum atomic E-state index is 6.36. The van der Waals surface area contributed by atoms with Crippen molar-refractivity contribution in [2.24, 2.45) is 0 Å². The van der Waals surface area contributed by atoms with Crippen LogP contribution >= 0.6 is 11.3 Å². The summed E-state index contributed by atoms with van der Waals surface area (Å²) in [5, 5.41) is 9.92. The average molecular weight is 618 g/mol. The van der Waals surface area contributed by atoms with Gasteiger partial charge < -0.3 is 9.32 Å². The number of nitrogens with zero attached hydrogens (tertiary/aromatic N) is 1. The van der Waals surface area contributed by atoms with Crippen LogP contribution in [-0.2, 0) is 0 Å². The van der Waals surface area contributed by atoms with Gasteiger partial charge in [0.2, 0.25) is 0 Å². The van der Waals surface area contributed by atoms with Gasteiger partial charge in [-0.05, 0) is 93.3 Å². The zero-order valence-corrected chi connectivity index (χ0v) is 26.2. The number of thiophene rings is 1. The molecule has 0 saturated carbocycles. The van der Waals surface area contributed by atoms with Crippen LogP contribution in [0.15, 0.2) is 168 Å². The Bertz CT molecular complexity index is 2790. The fourth-order valence-corrected chi connectivity index (χ4v) is 8.26. The van der Waals surface area contributed by atoms with E-state index in [9.17, 15) is 0 Å². The summed E-state index contributed by atoms with van der Waals surface area (Å²) in [6.07, 6.45) is 0. The number of anilines is 3. The van der Waals surface area contributed by atoms with E-state index in [0.29, 0.717) is 0 Å².